The highest BCUT2D eigenvalue weighted by Crippen LogP contribution is 2.17. The lowest BCUT2D eigenvalue weighted by Crippen LogP contribution is -2.19. The molecule has 0 saturated carbocycles. The third kappa shape index (κ3) is 4.50. The number of ether oxygens (including phenoxy) is 2. The molecule has 0 radical (unpaired) electrons. The highest BCUT2D eigenvalue weighted by atomic mass is 16.5. The van der Waals surface area contributed by atoms with Gasteiger partial charge in [-0.2, -0.15) is 0 Å². The maximum Gasteiger partial charge on any atom is 0.255 e. The molecule has 1 amide bonds. The van der Waals surface area contributed by atoms with Crippen molar-refractivity contribution < 1.29 is 14.3 Å². The second-order valence-corrected chi connectivity index (χ2v) is 3.15. The van der Waals surface area contributed by atoms with E-state index >= 15 is 0 Å². The molecule has 0 aliphatic heterocycles. The lowest BCUT2D eigenvalue weighted by atomic mass is 10.3. The maximum atomic E-state index is 10.5. The highest BCUT2D eigenvalue weighted by molar-refractivity contribution is 5.75. The largest absolute Gasteiger partial charge is 0.493 e. The van der Waals surface area contributed by atoms with E-state index in [1.54, 1.807) is 30.3 Å². The summed E-state index contributed by atoms with van der Waals surface area (Å²) < 4.78 is 10.5. The van der Waals surface area contributed by atoms with E-state index in [0.29, 0.717) is 12.4 Å². The van der Waals surface area contributed by atoms with E-state index in [2.05, 4.69) is 6.58 Å². The molecule has 2 N–H and O–H groups in total. The van der Waals surface area contributed by atoms with Gasteiger partial charge in [-0.3, -0.25) is 4.79 Å². The van der Waals surface area contributed by atoms with Crippen LogP contribution in [0.2, 0.25) is 0 Å². The minimum atomic E-state index is -0.494. The Morgan fingerprint density at radius 2 is 1.81 bits per heavy atom. The normalized spacial score (nSPS) is 9.50. The Morgan fingerprint density at radius 1 is 1.25 bits per heavy atom. The predicted molar refractivity (Wildman–Crippen MR) is 61.4 cm³/mol. The fourth-order valence-corrected chi connectivity index (χ4v) is 1.05. The summed E-state index contributed by atoms with van der Waals surface area (Å²) in [5.41, 5.74) is 4.95. The summed E-state index contributed by atoms with van der Waals surface area (Å²) in [6.45, 7) is 4.09. The van der Waals surface area contributed by atoms with Gasteiger partial charge in [0.1, 0.15) is 11.5 Å². The molecular weight excluding hydrogens is 206 g/mol. The molecule has 4 heteroatoms. The Morgan fingerprint density at radius 3 is 2.31 bits per heavy atom. The summed E-state index contributed by atoms with van der Waals surface area (Å²) in [4.78, 5) is 10.5. The summed E-state index contributed by atoms with van der Waals surface area (Å²) in [7, 11) is 0. The number of hydrogen-bond donors (Lipinski definition) is 1. The second kappa shape index (κ2) is 6.50. The van der Waals surface area contributed by atoms with Gasteiger partial charge in [0.2, 0.25) is 0 Å². The number of nitrogens with two attached hydrogens (primary N) is 1. The Bertz CT molecular complexity index is 346. The van der Waals surface area contributed by atoms with Gasteiger partial charge in [0.25, 0.3) is 5.91 Å². The van der Waals surface area contributed by atoms with E-state index in [0.717, 1.165) is 12.2 Å². The average molecular weight is 221 g/mol. The smallest absolute Gasteiger partial charge is 0.255 e. The van der Waals surface area contributed by atoms with E-state index in [9.17, 15) is 4.79 Å². The zero-order valence-corrected chi connectivity index (χ0v) is 9.02. The molecule has 0 saturated heterocycles. The van der Waals surface area contributed by atoms with Crippen LogP contribution in [0.5, 0.6) is 11.5 Å². The summed E-state index contributed by atoms with van der Waals surface area (Å²) in [5.74, 6) is 0.856. The van der Waals surface area contributed by atoms with Gasteiger partial charge in [0, 0.05) is 0 Å². The Labute approximate surface area is 94.7 Å². The number of amides is 1. The van der Waals surface area contributed by atoms with Crippen LogP contribution < -0.4 is 15.2 Å². The quantitative estimate of drug-likeness (QED) is 0.560. The Balaban J connectivity index is 2.41. The van der Waals surface area contributed by atoms with E-state index < -0.39 is 5.91 Å². The maximum absolute atomic E-state index is 10.5. The fraction of sp³-hybridized carbons (Fsp3) is 0.250. The number of carbonyl (C=O) groups excluding carboxylic acids is 1. The summed E-state index contributed by atoms with van der Waals surface area (Å²) in [5, 5.41) is 0. The number of primary amides is 1. The van der Waals surface area contributed by atoms with Crippen molar-refractivity contribution in [3.8, 4) is 11.5 Å². The van der Waals surface area contributed by atoms with E-state index in [1.165, 1.54) is 0 Å². The van der Waals surface area contributed by atoms with Gasteiger partial charge in [-0.1, -0.05) is 6.08 Å². The van der Waals surface area contributed by atoms with E-state index in [4.69, 9.17) is 15.2 Å². The molecule has 1 aromatic carbocycles. The predicted octanol–water partition coefficient (Wildman–Crippen LogP) is 1.51. The van der Waals surface area contributed by atoms with Gasteiger partial charge in [0.15, 0.2) is 6.61 Å². The topological polar surface area (TPSA) is 61.6 Å². The molecule has 1 aromatic rings. The van der Waals surface area contributed by atoms with Crippen molar-refractivity contribution in [1.29, 1.82) is 0 Å². The fourth-order valence-electron chi connectivity index (χ4n) is 1.05. The SMILES string of the molecule is C=CCCOc1ccc(OCC(N)=O)cc1. The first kappa shape index (κ1) is 12.1. The molecule has 0 spiro atoms. The average Bonchev–Trinajstić information content (AvgIpc) is 2.28. The molecule has 0 fully saturated rings. The van der Waals surface area contributed by atoms with Crippen LogP contribution in [0.25, 0.3) is 0 Å². The first-order valence-electron chi connectivity index (χ1n) is 4.97. The molecule has 0 unspecified atom stereocenters. The molecule has 1 rings (SSSR count). The van der Waals surface area contributed by atoms with Crippen LogP contribution in [0.3, 0.4) is 0 Å². The monoisotopic (exact) mass is 221 g/mol. The highest BCUT2D eigenvalue weighted by Gasteiger charge is 1.98. The molecule has 0 atom stereocenters. The molecule has 0 bridgehead atoms. The van der Waals surface area contributed by atoms with Crippen LogP contribution in [-0.4, -0.2) is 19.1 Å². The third-order valence-corrected chi connectivity index (χ3v) is 1.80. The van der Waals surface area contributed by atoms with Crippen LogP contribution >= 0.6 is 0 Å². The molecular formula is C12H15NO3. The lowest BCUT2D eigenvalue weighted by molar-refractivity contribution is -0.119. The van der Waals surface area contributed by atoms with Gasteiger partial charge in [0.05, 0.1) is 6.61 Å². The summed E-state index contributed by atoms with van der Waals surface area (Å²) in [6.07, 6.45) is 2.60. The number of hydrogen-bond acceptors (Lipinski definition) is 3. The first-order valence-corrected chi connectivity index (χ1v) is 4.97. The molecule has 0 aliphatic rings. The van der Waals surface area contributed by atoms with Crippen LogP contribution in [0.15, 0.2) is 36.9 Å². The third-order valence-electron chi connectivity index (χ3n) is 1.80. The van der Waals surface area contributed by atoms with Crippen LogP contribution in [0.1, 0.15) is 6.42 Å². The minimum Gasteiger partial charge on any atom is -0.493 e. The number of benzene rings is 1. The molecule has 4 nitrogen and oxygen atoms in total. The van der Waals surface area contributed by atoms with Crippen molar-refractivity contribution >= 4 is 5.91 Å². The number of carbonyl (C=O) groups is 1. The first-order chi connectivity index (χ1) is 7.72. The molecule has 86 valence electrons. The Kier molecular flexibility index (Phi) is 4.92. The molecule has 0 heterocycles. The molecule has 0 aliphatic carbocycles. The van der Waals surface area contributed by atoms with Gasteiger partial charge >= 0.3 is 0 Å². The van der Waals surface area contributed by atoms with Crippen molar-refractivity contribution in [2.24, 2.45) is 5.73 Å². The molecule has 16 heavy (non-hydrogen) atoms. The van der Waals surface area contributed by atoms with Crippen LogP contribution in [0.4, 0.5) is 0 Å². The zero-order valence-electron chi connectivity index (χ0n) is 9.02. The standard InChI is InChI=1S/C12H15NO3/c1-2-3-8-15-10-4-6-11(7-5-10)16-9-12(13)14/h2,4-7H,1,3,8-9H2,(H2,13,14). The molecule has 0 aromatic heterocycles. The number of rotatable bonds is 7. The summed E-state index contributed by atoms with van der Waals surface area (Å²) >= 11 is 0. The Hall–Kier alpha value is -1.97. The lowest BCUT2D eigenvalue weighted by Gasteiger charge is -2.06. The van der Waals surface area contributed by atoms with E-state index in [1.807, 2.05) is 0 Å². The zero-order chi connectivity index (χ0) is 11.8. The van der Waals surface area contributed by atoms with Crippen molar-refractivity contribution in [2.45, 2.75) is 6.42 Å². The van der Waals surface area contributed by atoms with Gasteiger partial charge in [-0.05, 0) is 30.7 Å². The van der Waals surface area contributed by atoms with Gasteiger partial charge in [-0.25, -0.2) is 0 Å². The second-order valence-electron chi connectivity index (χ2n) is 3.15. The van der Waals surface area contributed by atoms with Crippen molar-refractivity contribution in [3.05, 3.63) is 36.9 Å². The minimum absolute atomic E-state index is 0.114. The van der Waals surface area contributed by atoms with E-state index in [-0.39, 0.29) is 6.61 Å². The van der Waals surface area contributed by atoms with Gasteiger partial charge in [-0.15, -0.1) is 6.58 Å². The van der Waals surface area contributed by atoms with Crippen molar-refractivity contribution in [3.63, 3.8) is 0 Å². The van der Waals surface area contributed by atoms with Crippen molar-refractivity contribution in [1.82, 2.24) is 0 Å². The summed E-state index contributed by atoms with van der Waals surface area (Å²) in [6, 6.07) is 7.01. The van der Waals surface area contributed by atoms with Crippen molar-refractivity contribution in [2.75, 3.05) is 13.2 Å². The van der Waals surface area contributed by atoms with Gasteiger partial charge < -0.3 is 15.2 Å². The van der Waals surface area contributed by atoms with Crippen LogP contribution in [-0.2, 0) is 4.79 Å². The van der Waals surface area contributed by atoms with Crippen LogP contribution in [0, 0.1) is 0 Å².